The maximum absolute atomic E-state index is 2.54. The SMILES string of the molecule is c1ccc(N(c2ccc(N3c4c(ccc5ccccc45)-c4cccc5cc(-c6ccc7sc8ccc(N(c9ccccc9)c9ccccc9)cc8c7c6)cc3c45)cc2)c2ccc3c(c2)C(c2ccccc2)(c2ccccc2)c2ccccc2-3)cc1. The Hall–Kier alpha value is -10.8. The van der Waals surface area contributed by atoms with Crippen LogP contribution in [-0.4, -0.2) is 0 Å². The van der Waals surface area contributed by atoms with Gasteiger partial charge in [0.25, 0.3) is 0 Å². The Labute approximate surface area is 498 Å². The molecular weight excluding hydrogens is 1050 g/mol. The molecule has 1 aromatic heterocycles. The maximum Gasteiger partial charge on any atom is 0.0714 e. The van der Waals surface area contributed by atoms with Crippen molar-refractivity contribution in [1.82, 2.24) is 0 Å². The predicted molar refractivity (Wildman–Crippen MR) is 360 cm³/mol. The Morgan fingerprint density at radius 2 is 0.800 bits per heavy atom. The fraction of sp³-hybridized carbons (Fsp3) is 0.0123. The van der Waals surface area contributed by atoms with Crippen molar-refractivity contribution in [2.75, 3.05) is 14.7 Å². The third-order valence-corrected chi connectivity index (χ3v) is 18.9. The molecule has 1 aliphatic heterocycles. The molecule has 1 aliphatic carbocycles. The number of anilines is 9. The second-order valence-electron chi connectivity index (χ2n) is 22.4. The van der Waals surface area contributed by atoms with Crippen LogP contribution in [0.3, 0.4) is 0 Å². The number of hydrogen-bond acceptors (Lipinski definition) is 4. The van der Waals surface area contributed by atoms with Crippen molar-refractivity contribution in [3.8, 4) is 33.4 Å². The van der Waals surface area contributed by atoms with Crippen LogP contribution in [0.5, 0.6) is 0 Å². The van der Waals surface area contributed by atoms with Crippen LogP contribution in [-0.2, 0) is 5.41 Å². The zero-order valence-corrected chi connectivity index (χ0v) is 47.2. The van der Waals surface area contributed by atoms with Gasteiger partial charge in [0.1, 0.15) is 0 Å². The number of nitrogens with zero attached hydrogens (tertiary/aromatic N) is 3. The lowest BCUT2D eigenvalue weighted by Crippen LogP contribution is -2.28. The number of thiophene rings is 1. The zero-order valence-electron chi connectivity index (χ0n) is 46.3. The summed E-state index contributed by atoms with van der Waals surface area (Å²) in [6.07, 6.45) is 0. The van der Waals surface area contributed by atoms with Crippen LogP contribution in [0, 0.1) is 0 Å². The number of hydrogen-bond donors (Lipinski definition) is 0. The molecule has 0 spiro atoms. The van der Waals surface area contributed by atoms with E-state index in [4.69, 9.17) is 0 Å². The van der Waals surface area contributed by atoms with Crippen molar-refractivity contribution >= 4 is 104 Å². The Morgan fingerprint density at radius 1 is 0.294 bits per heavy atom. The fourth-order valence-corrected chi connectivity index (χ4v) is 15.2. The van der Waals surface area contributed by atoms with Gasteiger partial charge in [0.2, 0.25) is 0 Å². The van der Waals surface area contributed by atoms with E-state index in [0.29, 0.717) is 0 Å². The van der Waals surface area contributed by atoms with Crippen LogP contribution in [0.4, 0.5) is 51.2 Å². The van der Waals surface area contributed by atoms with Crippen molar-refractivity contribution in [3.63, 3.8) is 0 Å². The van der Waals surface area contributed by atoms with Crippen LogP contribution in [0.2, 0.25) is 0 Å². The van der Waals surface area contributed by atoms with E-state index in [-0.39, 0.29) is 0 Å². The summed E-state index contributed by atoms with van der Waals surface area (Å²) in [7, 11) is 0. The van der Waals surface area contributed by atoms with E-state index < -0.39 is 5.41 Å². The van der Waals surface area contributed by atoms with E-state index in [1.54, 1.807) is 0 Å². The minimum absolute atomic E-state index is 0.531. The van der Waals surface area contributed by atoms with Crippen LogP contribution in [0.15, 0.2) is 322 Å². The second kappa shape index (κ2) is 19.7. The molecule has 0 unspecified atom stereocenters. The molecule has 14 aromatic carbocycles. The Bertz CT molecular complexity index is 4980. The van der Waals surface area contributed by atoms with Crippen molar-refractivity contribution in [3.05, 3.63) is 344 Å². The molecule has 0 atom stereocenters. The van der Waals surface area contributed by atoms with Crippen LogP contribution in [0.25, 0.3) is 75.1 Å². The Morgan fingerprint density at radius 3 is 1.48 bits per heavy atom. The van der Waals surface area contributed by atoms with Crippen LogP contribution >= 0.6 is 11.3 Å². The van der Waals surface area contributed by atoms with Crippen molar-refractivity contribution < 1.29 is 0 Å². The molecule has 0 amide bonds. The fourth-order valence-electron chi connectivity index (χ4n) is 14.1. The number of rotatable bonds is 10. The molecule has 0 bridgehead atoms. The molecule has 3 nitrogen and oxygen atoms in total. The monoisotopic (exact) mass is 1100 g/mol. The summed E-state index contributed by atoms with van der Waals surface area (Å²) in [6.45, 7) is 0. The first-order chi connectivity index (χ1) is 42.2. The highest BCUT2D eigenvalue weighted by Gasteiger charge is 2.46. The summed E-state index contributed by atoms with van der Waals surface area (Å²) in [5, 5.41) is 7.39. The lowest BCUT2D eigenvalue weighted by Gasteiger charge is -2.36. The van der Waals surface area contributed by atoms with E-state index >= 15 is 0 Å². The third-order valence-electron chi connectivity index (χ3n) is 17.8. The number of para-hydroxylation sites is 3. The van der Waals surface area contributed by atoms with Gasteiger partial charge in [-0.05, 0) is 176 Å². The summed E-state index contributed by atoms with van der Waals surface area (Å²) in [5.41, 5.74) is 22.0. The topological polar surface area (TPSA) is 9.72 Å². The largest absolute Gasteiger partial charge is 0.310 e. The van der Waals surface area contributed by atoms with E-state index in [1.165, 1.54) is 103 Å². The standard InChI is InChI=1S/C81H53N3S/c1-6-23-58(24-7-1)81(59-25-8-2-9-26-59)74-36-19-18-34-68(74)69-46-43-66(53-75(69)81)83(62-31-14-5-15-32-62)63-39-41-64(42-40-63)84-76-51-57(49-56-22-20-35-70(79(56)76)71-45-37-54-21-16-17-33-67(54)80(71)84)55-38-47-77-72(50-55)73-52-65(44-48-78(73)85-77)82(60-27-10-3-11-28-60)61-29-12-4-13-30-61/h1-53H. The van der Waals surface area contributed by atoms with E-state index in [0.717, 1.165) is 45.5 Å². The molecule has 0 N–H and O–H groups in total. The summed E-state index contributed by atoms with van der Waals surface area (Å²) >= 11 is 1.86. The summed E-state index contributed by atoms with van der Waals surface area (Å²) in [5.74, 6) is 0. The average molecular weight is 1100 g/mol. The van der Waals surface area contributed by atoms with Gasteiger partial charge >= 0.3 is 0 Å². The molecule has 0 saturated carbocycles. The molecule has 0 saturated heterocycles. The molecule has 4 heteroatoms. The molecule has 0 radical (unpaired) electrons. The lowest BCUT2D eigenvalue weighted by atomic mass is 9.67. The van der Waals surface area contributed by atoms with Gasteiger partial charge in [0.15, 0.2) is 0 Å². The number of fused-ring (bicyclic) bond motifs is 10. The highest BCUT2D eigenvalue weighted by molar-refractivity contribution is 7.25. The van der Waals surface area contributed by atoms with Gasteiger partial charge in [-0.2, -0.15) is 0 Å². The quantitative estimate of drug-likeness (QED) is 0.135. The summed E-state index contributed by atoms with van der Waals surface area (Å²) in [6, 6.07) is 119. The second-order valence-corrected chi connectivity index (χ2v) is 23.4. The van der Waals surface area contributed by atoms with Gasteiger partial charge in [-0.25, -0.2) is 0 Å². The highest BCUT2D eigenvalue weighted by Crippen LogP contribution is 2.59. The van der Waals surface area contributed by atoms with Gasteiger partial charge in [0.05, 0.1) is 16.8 Å². The molecule has 17 rings (SSSR count). The van der Waals surface area contributed by atoms with E-state index in [9.17, 15) is 0 Å². The summed E-state index contributed by atoms with van der Waals surface area (Å²) < 4.78 is 2.54. The van der Waals surface area contributed by atoms with Crippen molar-refractivity contribution in [2.24, 2.45) is 0 Å². The smallest absolute Gasteiger partial charge is 0.0714 e. The van der Waals surface area contributed by atoms with Gasteiger partial charge in [-0.3, -0.25) is 0 Å². The third kappa shape index (κ3) is 7.73. The van der Waals surface area contributed by atoms with Gasteiger partial charge in [0, 0.05) is 76.3 Å². The predicted octanol–water partition coefficient (Wildman–Crippen LogP) is 22.8. The normalized spacial score (nSPS) is 12.8. The molecule has 15 aromatic rings. The molecule has 398 valence electrons. The first-order valence-electron chi connectivity index (χ1n) is 29.2. The van der Waals surface area contributed by atoms with Crippen LogP contribution in [0.1, 0.15) is 22.3 Å². The molecule has 2 heterocycles. The van der Waals surface area contributed by atoms with Gasteiger partial charge < -0.3 is 14.7 Å². The minimum Gasteiger partial charge on any atom is -0.310 e. The Balaban J connectivity index is 0.822. The molecule has 2 aliphatic rings. The zero-order chi connectivity index (χ0) is 56.0. The van der Waals surface area contributed by atoms with Gasteiger partial charge in [-0.15, -0.1) is 11.3 Å². The maximum atomic E-state index is 2.54. The minimum atomic E-state index is -0.531. The first kappa shape index (κ1) is 48.9. The Kier molecular flexibility index (Phi) is 11.3. The van der Waals surface area contributed by atoms with Crippen molar-refractivity contribution in [2.45, 2.75) is 5.41 Å². The molecule has 85 heavy (non-hydrogen) atoms. The lowest BCUT2D eigenvalue weighted by molar-refractivity contribution is 0.768. The van der Waals surface area contributed by atoms with Crippen molar-refractivity contribution in [1.29, 1.82) is 0 Å². The van der Waals surface area contributed by atoms with E-state index in [1.807, 2.05) is 11.3 Å². The van der Waals surface area contributed by atoms with E-state index in [2.05, 4.69) is 336 Å². The highest BCUT2D eigenvalue weighted by atomic mass is 32.1. The number of benzene rings is 14. The molecule has 0 fully saturated rings. The molecular formula is C81H53N3S. The summed E-state index contributed by atoms with van der Waals surface area (Å²) in [4.78, 5) is 7.32. The van der Waals surface area contributed by atoms with Crippen LogP contribution < -0.4 is 14.7 Å². The first-order valence-corrected chi connectivity index (χ1v) is 30.0. The average Bonchev–Trinajstić information content (AvgIpc) is 1.78. The van der Waals surface area contributed by atoms with Gasteiger partial charge in [-0.1, -0.05) is 206 Å².